The van der Waals surface area contributed by atoms with Gasteiger partial charge in [0.15, 0.2) is 0 Å². The van der Waals surface area contributed by atoms with Crippen LogP contribution in [0.1, 0.15) is 30.6 Å². The number of ether oxygens (including phenoxy) is 2. The molecule has 0 atom stereocenters. The van der Waals surface area contributed by atoms with Gasteiger partial charge in [-0.25, -0.2) is 0 Å². The molecule has 0 aliphatic carbocycles. The molecule has 0 heterocycles. The Bertz CT molecular complexity index is 433. The molecule has 112 valence electrons. The number of nitrogens with one attached hydrogen (secondary N) is 1. The molecule has 0 saturated carbocycles. The summed E-state index contributed by atoms with van der Waals surface area (Å²) < 4.78 is 10.6. The minimum Gasteiger partial charge on any atom is -0.496 e. The molecule has 1 aromatic rings. The van der Waals surface area contributed by atoms with Crippen LogP contribution in [0.4, 0.5) is 5.69 Å². The van der Waals surface area contributed by atoms with Crippen LogP contribution in [0.5, 0.6) is 5.75 Å². The Kier molecular flexibility index (Phi) is 6.87. The monoisotopic (exact) mass is 280 g/mol. The third-order valence-corrected chi connectivity index (χ3v) is 2.67. The zero-order chi connectivity index (χ0) is 15.0. The molecule has 3 N–H and O–H groups in total. The van der Waals surface area contributed by atoms with Crippen LogP contribution in [0.25, 0.3) is 0 Å². The van der Waals surface area contributed by atoms with E-state index in [1.807, 2.05) is 0 Å². The van der Waals surface area contributed by atoms with Crippen LogP contribution < -0.4 is 15.8 Å². The van der Waals surface area contributed by atoms with E-state index in [-0.39, 0.29) is 5.91 Å². The second-order valence-electron chi connectivity index (χ2n) is 5.04. The van der Waals surface area contributed by atoms with Crippen molar-refractivity contribution < 1.29 is 14.3 Å². The van der Waals surface area contributed by atoms with Crippen molar-refractivity contribution in [2.75, 3.05) is 32.6 Å². The number of carbonyl (C=O) groups excluding carboxylic acids is 1. The molecule has 0 aliphatic heterocycles. The summed E-state index contributed by atoms with van der Waals surface area (Å²) in [5.41, 5.74) is 6.71. The number of nitrogens with two attached hydrogens (primary N) is 1. The molecule has 5 heteroatoms. The lowest BCUT2D eigenvalue weighted by molar-refractivity contribution is 0.0922. The predicted octanol–water partition coefficient (Wildman–Crippen LogP) is 2.07. The van der Waals surface area contributed by atoms with E-state index in [1.54, 1.807) is 18.2 Å². The molecule has 1 rings (SSSR count). The second-order valence-corrected chi connectivity index (χ2v) is 5.04. The first kappa shape index (κ1) is 16.3. The van der Waals surface area contributed by atoms with Gasteiger partial charge >= 0.3 is 0 Å². The van der Waals surface area contributed by atoms with Crippen LogP contribution in [0, 0.1) is 5.92 Å². The van der Waals surface area contributed by atoms with E-state index in [9.17, 15) is 4.79 Å². The average molecular weight is 280 g/mol. The fourth-order valence-corrected chi connectivity index (χ4v) is 1.69. The zero-order valence-electron chi connectivity index (χ0n) is 12.4. The van der Waals surface area contributed by atoms with Crippen molar-refractivity contribution in [2.24, 2.45) is 5.92 Å². The third kappa shape index (κ3) is 5.48. The number of amides is 1. The normalized spacial score (nSPS) is 10.6. The lowest BCUT2D eigenvalue weighted by Crippen LogP contribution is -2.26. The van der Waals surface area contributed by atoms with Gasteiger partial charge in [0.05, 0.1) is 12.7 Å². The summed E-state index contributed by atoms with van der Waals surface area (Å²) in [5, 5.41) is 2.84. The van der Waals surface area contributed by atoms with Gasteiger partial charge in [0, 0.05) is 31.5 Å². The standard InChI is InChI=1S/C15H24N2O3/c1-11(2)10-20-8-4-7-17-15(18)13-6-5-12(16)9-14(13)19-3/h5-6,9,11H,4,7-8,10,16H2,1-3H3,(H,17,18). The molecule has 0 radical (unpaired) electrons. The molecule has 0 bridgehead atoms. The maximum Gasteiger partial charge on any atom is 0.255 e. The van der Waals surface area contributed by atoms with Gasteiger partial charge in [0.2, 0.25) is 0 Å². The molecule has 1 aromatic carbocycles. The van der Waals surface area contributed by atoms with E-state index in [2.05, 4.69) is 19.2 Å². The Hall–Kier alpha value is -1.75. The van der Waals surface area contributed by atoms with E-state index < -0.39 is 0 Å². The molecule has 1 amide bonds. The van der Waals surface area contributed by atoms with Crippen LogP contribution >= 0.6 is 0 Å². The number of hydrogen-bond donors (Lipinski definition) is 2. The smallest absolute Gasteiger partial charge is 0.255 e. The Balaban J connectivity index is 2.36. The maximum absolute atomic E-state index is 12.0. The van der Waals surface area contributed by atoms with Crippen LogP contribution in [-0.4, -0.2) is 32.8 Å². The average Bonchev–Trinajstić information content (AvgIpc) is 2.41. The largest absolute Gasteiger partial charge is 0.496 e. The molecule has 0 spiro atoms. The fourth-order valence-electron chi connectivity index (χ4n) is 1.69. The number of carbonyl (C=O) groups is 1. The lowest BCUT2D eigenvalue weighted by atomic mass is 10.1. The third-order valence-electron chi connectivity index (χ3n) is 2.67. The Morgan fingerprint density at radius 3 is 2.80 bits per heavy atom. The number of benzene rings is 1. The maximum atomic E-state index is 12.0. The van der Waals surface area contributed by atoms with Gasteiger partial charge in [0.25, 0.3) is 5.91 Å². The van der Waals surface area contributed by atoms with Crippen molar-refractivity contribution >= 4 is 11.6 Å². The molecular formula is C15H24N2O3. The van der Waals surface area contributed by atoms with E-state index in [0.29, 0.717) is 36.1 Å². The first-order valence-corrected chi connectivity index (χ1v) is 6.84. The lowest BCUT2D eigenvalue weighted by Gasteiger charge is -2.10. The summed E-state index contributed by atoms with van der Waals surface area (Å²) in [6.07, 6.45) is 0.787. The minimum atomic E-state index is -0.161. The van der Waals surface area contributed by atoms with E-state index in [1.165, 1.54) is 7.11 Å². The summed E-state index contributed by atoms with van der Waals surface area (Å²) in [7, 11) is 1.52. The Morgan fingerprint density at radius 1 is 1.40 bits per heavy atom. The minimum absolute atomic E-state index is 0.161. The molecule has 0 aliphatic rings. The van der Waals surface area contributed by atoms with Gasteiger partial charge < -0.3 is 20.5 Å². The highest BCUT2D eigenvalue weighted by atomic mass is 16.5. The number of anilines is 1. The summed E-state index contributed by atoms with van der Waals surface area (Å²) in [6.45, 7) is 6.19. The van der Waals surface area contributed by atoms with Gasteiger partial charge in [-0.1, -0.05) is 13.8 Å². The van der Waals surface area contributed by atoms with Crippen LogP contribution in [0.3, 0.4) is 0 Å². The second kappa shape index (κ2) is 8.43. The molecule has 0 unspecified atom stereocenters. The van der Waals surface area contributed by atoms with Crippen molar-refractivity contribution in [1.82, 2.24) is 5.32 Å². The van der Waals surface area contributed by atoms with E-state index >= 15 is 0 Å². The summed E-state index contributed by atoms with van der Waals surface area (Å²) in [4.78, 5) is 12.0. The van der Waals surface area contributed by atoms with Crippen LogP contribution in [0.15, 0.2) is 18.2 Å². The topological polar surface area (TPSA) is 73.6 Å². The quantitative estimate of drug-likeness (QED) is 0.565. The summed E-state index contributed by atoms with van der Waals surface area (Å²) in [5.74, 6) is 0.855. The summed E-state index contributed by atoms with van der Waals surface area (Å²) in [6, 6.07) is 4.99. The molecule has 0 saturated heterocycles. The van der Waals surface area contributed by atoms with Gasteiger partial charge in [-0.05, 0) is 24.5 Å². The highest BCUT2D eigenvalue weighted by Gasteiger charge is 2.11. The van der Waals surface area contributed by atoms with E-state index in [4.69, 9.17) is 15.2 Å². The molecular weight excluding hydrogens is 256 g/mol. The number of methoxy groups -OCH3 is 1. The Labute approximate surface area is 120 Å². The highest BCUT2D eigenvalue weighted by Crippen LogP contribution is 2.21. The predicted molar refractivity (Wildman–Crippen MR) is 80.0 cm³/mol. The molecule has 0 fully saturated rings. The molecule has 0 aromatic heterocycles. The first-order valence-electron chi connectivity index (χ1n) is 6.84. The zero-order valence-corrected chi connectivity index (χ0v) is 12.4. The van der Waals surface area contributed by atoms with Crippen molar-refractivity contribution in [2.45, 2.75) is 20.3 Å². The van der Waals surface area contributed by atoms with Gasteiger partial charge in [-0.15, -0.1) is 0 Å². The first-order chi connectivity index (χ1) is 9.54. The SMILES string of the molecule is COc1cc(N)ccc1C(=O)NCCCOCC(C)C. The highest BCUT2D eigenvalue weighted by molar-refractivity contribution is 5.97. The number of rotatable bonds is 8. The summed E-state index contributed by atoms with van der Waals surface area (Å²) >= 11 is 0. The van der Waals surface area contributed by atoms with Crippen molar-refractivity contribution in [3.8, 4) is 5.75 Å². The Morgan fingerprint density at radius 2 is 2.15 bits per heavy atom. The van der Waals surface area contributed by atoms with Crippen LogP contribution in [0.2, 0.25) is 0 Å². The van der Waals surface area contributed by atoms with Crippen molar-refractivity contribution in [3.63, 3.8) is 0 Å². The van der Waals surface area contributed by atoms with Crippen LogP contribution in [-0.2, 0) is 4.74 Å². The number of nitrogen functional groups attached to an aromatic ring is 1. The van der Waals surface area contributed by atoms with Gasteiger partial charge in [0.1, 0.15) is 5.75 Å². The number of hydrogen-bond acceptors (Lipinski definition) is 4. The van der Waals surface area contributed by atoms with Gasteiger partial charge in [-0.2, -0.15) is 0 Å². The fraction of sp³-hybridized carbons (Fsp3) is 0.533. The molecule has 20 heavy (non-hydrogen) atoms. The molecule has 5 nitrogen and oxygen atoms in total. The van der Waals surface area contributed by atoms with Crippen molar-refractivity contribution in [3.05, 3.63) is 23.8 Å². The van der Waals surface area contributed by atoms with Gasteiger partial charge in [-0.3, -0.25) is 4.79 Å². The van der Waals surface area contributed by atoms with Crippen molar-refractivity contribution in [1.29, 1.82) is 0 Å². The van der Waals surface area contributed by atoms with E-state index in [0.717, 1.165) is 13.0 Å².